The van der Waals surface area contributed by atoms with Crippen LogP contribution in [0.15, 0.2) is 24.9 Å². The first kappa shape index (κ1) is 10.9. The number of nitrogens with one attached hydrogen (secondary N) is 1. The second-order valence-electron chi connectivity index (χ2n) is 5.19. The van der Waals surface area contributed by atoms with Gasteiger partial charge in [0.1, 0.15) is 11.8 Å². The highest BCUT2D eigenvalue weighted by molar-refractivity contribution is 5.77. The van der Waals surface area contributed by atoms with Crippen molar-refractivity contribution < 1.29 is 0 Å². The van der Waals surface area contributed by atoms with E-state index in [-0.39, 0.29) is 5.41 Å². The minimum atomic E-state index is 0.0192. The summed E-state index contributed by atoms with van der Waals surface area (Å²) in [7, 11) is 0. The predicted molar refractivity (Wildman–Crippen MR) is 67.5 cm³/mol. The summed E-state index contributed by atoms with van der Waals surface area (Å²) in [4.78, 5) is 15.5. The third kappa shape index (κ3) is 1.66. The average Bonchev–Trinajstić information content (AvgIpc) is 2.96. The fourth-order valence-corrected chi connectivity index (χ4v) is 1.77. The number of aromatic amines is 1. The van der Waals surface area contributed by atoms with Crippen LogP contribution in [-0.2, 0) is 5.41 Å². The molecule has 3 aromatic heterocycles. The van der Waals surface area contributed by atoms with Gasteiger partial charge in [0.2, 0.25) is 0 Å². The molecule has 0 amide bonds. The summed E-state index contributed by atoms with van der Waals surface area (Å²) in [6, 6.07) is 2.00. The van der Waals surface area contributed by atoms with Crippen molar-refractivity contribution in [3.63, 3.8) is 0 Å². The number of fused-ring (bicyclic) bond motifs is 1. The van der Waals surface area contributed by atoms with Crippen LogP contribution in [0.2, 0.25) is 0 Å². The van der Waals surface area contributed by atoms with Crippen LogP contribution in [0, 0.1) is 0 Å². The summed E-state index contributed by atoms with van der Waals surface area (Å²) in [5, 5.41) is 4.56. The monoisotopic (exact) mass is 242 g/mol. The molecule has 0 unspecified atom stereocenters. The highest BCUT2D eigenvalue weighted by Gasteiger charge is 2.18. The van der Waals surface area contributed by atoms with Crippen molar-refractivity contribution in [1.82, 2.24) is 29.7 Å². The van der Waals surface area contributed by atoms with Crippen molar-refractivity contribution in [1.29, 1.82) is 0 Å². The molecule has 6 nitrogen and oxygen atoms in total. The number of hydrogen-bond acceptors (Lipinski definition) is 4. The first-order valence-electron chi connectivity index (χ1n) is 5.76. The molecule has 92 valence electrons. The molecule has 0 radical (unpaired) electrons. The van der Waals surface area contributed by atoms with Gasteiger partial charge in [-0.05, 0) is 6.07 Å². The second kappa shape index (κ2) is 3.63. The molecule has 0 fully saturated rings. The number of nitrogens with zero attached hydrogens (tertiary/aromatic N) is 5. The van der Waals surface area contributed by atoms with Crippen molar-refractivity contribution in [3.05, 3.63) is 30.6 Å². The molecular formula is C12H14N6. The summed E-state index contributed by atoms with van der Waals surface area (Å²) in [5.74, 6) is 0.716. The molecule has 1 N–H and O–H groups in total. The maximum Gasteiger partial charge on any atom is 0.182 e. The molecule has 0 bridgehead atoms. The summed E-state index contributed by atoms with van der Waals surface area (Å²) in [6.07, 6.45) is 5.01. The quantitative estimate of drug-likeness (QED) is 0.706. The highest BCUT2D eigenvalue weighted by atomic mass is 15.3. The Bertz CT molecular complexity index is 688. The molecule has 0 saturated carbocycles. The van der Waals surface area contributed by atoms with Gasteiger partial charge in [-0.2, -0.15) is 5.10 Å². The maximum atomic E-state index is 4.56. The van der Waals surface area contributed by atoms with Crippen molar-refractivity contribution in [2.75, 3.05) is 0 Å². The fourth-order valence-electron chi connectivity index (χ4n) is 1.77. The summed E-state index contributed by atoms with van der Waals surface area (Å²) in [6.45, 7) is 6.39. The van der Waals surface area contributed by atoms with Crippen LogP contribution in [0.25, 0.3) is 17.0 Å². The van der Waals surface area contributed by atoms with E-state index in [1.807, 2.05) is 12.3 Å². The Morgan fingerprint density at radius 2 is 2.00 bits per heavy atom. The number of rotatable bonds is 1. The Kier molecular flexibility index (Phi) is 2.19. The standard InChI is InChI=1S/C12H14N6/c1-12(2,3)8-4-5-18(17-8)11-9-10(14-6-13-9)15-7-16-11/h4-7H,1-3H3,(H,13,14,15,16). The smallest absolute Gasteiger partial charge is 0.182 e. The molecule has 6 heteroatoms. The van der Waals surface area contributed by atoms with Gasteiger partial charge in [0, 0.05) is 11.6 Å². The summed E-state index contributed by atoms with van der Waals surface area (Å²) >= 11 is 0. The molecule has 0 aliphatic rings. The zero-order valence-electron chi connectivity index (χ0n) is 10.5. The summed E-state index contributed by atoms with van der Waals surface area (Å²) < 4.78 is 1.75. The Labute approximate surface area is 104 Å². The van der Waals surface area contributed by atoms with E-state index in [1.165, 1.54) is 6.33 Å². The molecule has 3 heterocycles. The van der Waals surface area contributed by atoms with Crippen LogP contribution in [0.1, 0.15) is 26.5 Å². The molecule has 3 rings (SSSR count). The molecule has 0 spiro atoms. The third-order valence-electron chi connectivity index (χ3n) is 2.78. The van der Waals surface area contributed by atoms with Gasteiger partial charge in [0.25, 0.3) is 0 Å². The SMILES string of the molecule is CC(C)(C)c1ccn(-c2ncnc3nc[nH]c23)n1. The molecule has 0 aromatic carbocycles. The minimum absolute atomic E-state index is 0.0192. The van der Waals surface area contributed by atoms with Gasteiger partial charge < -0.3 is 4.98 Å². The van der Waals surface area contributed by atoms with E-state index in [4.69, 9.17) is 0 Å². The van der Waals surface area contributed by atoms with Gasteiger partial charge in [0.15, 0.2) is 11.5 Å². The zero-order chi connectivity index (χ0) is 12.8. The van der Waals surface area contributed by atoms with E-state index in [0.29, 0.717) is 11.5 Å². The van der Waals surface area contributed by atoms with Crippen molar-refractivity contribution in [2.45, 2.75) is 26.2 Å². The van der Waals surface area contributed by atoms with E-state index >= 15 is 0 Å². The topological polar surface area (TPSA) is 72.3 Å². The minimum Gasteiger partial charge on any atom is -0.340 e. The van der Waals surface area contributed by atoms with Gasteiger partial charge >= 0.3 is 0 Å². The lowest BCUT2D eigenvalue weighted by molar-refractivity contribution is 0.559. The first-order valence-corrected chi connectivity index (χ1v) is 5.76. The first-order chi connectivity index (χ1) is 8.55. The molecule has 0 saturated heterocycles. The number of H-pyrrole nitrogens is 1. The Balaban J connectivity index is 2.15. The Morgan fingerprint density at radius 3 is 2.72 bits per heavy atom. The third-order valence-corrected chi connectivity index (χ3v) is 2.78. The van der Waals surface area contributed by atoms with Crippen LogP contribution in [0.3, 0.4) is 0 Å². The fraction of sp³-hybridized carbons (Fsp3) is 0.333. The lowest BCUT2D eigenvalue weighted by Gasteiger charge is -2.14. The highest BCUT2D eigenvalue weighted by Crippen LogP contribution is 2.21. The van der Waals surface area contributed by atoms with Crippen molar-refractivity contribution in [3.8, 4) is 5.82 Å². The number of aromatic nitrogens is 6. The van der Waals surface area contributed by atoms with Crippen LogP contribution in [0.5, 0.6) is 0 Å². The van der Waals surface area contributed by atoms with Gasteiger partial charge in [-0.1, -0.05) is 20.8 Å². The van der Waals surface area contributed by atoms with E-state index < -0.39 is 0 Å². The van der Waals surface area contributed by atoms with Crippen LogP contribution >= 0.6 is 0 Å². The van der Waals surface area contributed by atoms with E-state index in [2.05, 4.69) is 45.8 Å². The normalized spacial score (nSPS) is 12.2. The average molecular weight is 242 g/mol. The van der Waals surface area contributed by atoms with Crippen molar-refractivity contribution in [2.24, 2.45) is 0 Å². The van der Waals surface area contributed by atoms with Crippen LogP contribution < -0.4 is 0 Å². The number of hydrogen-bond donors (Lipinski definition) is 1. The summed E-state index contributed by atoms with van der Waals surface area (Å²) in [5.41, 5.74) is 2.48. The van der Waals surface area contributed by atoms with Gasteiger partial charge in [0.05, 0.1) is 12.0 Å². The van der Waals surface area contributed by atoms with E-state index in [9.17, 15) is 0 Å². The molecule has 18 heavy (non-hydrogen) atoms. The van der Waals surface area contributed by atoms with E-state index in [1.54, 1.807) is 11.0 Å². The van der Waals surface area contributed by atoms with Crippen LogP contribution in [-0.4, -0.2) is 29.7 Å². The van der Waals surface area contributed by atoms with Gasteiger partial charge in [-0.3, -0.25) is 0 Å². The van der Waals surface area contributed by atoms with Gasteiger partial charge in [-0.15, -0.1) is 0 Å². The zero-order valence-corrected chi connectivity index (χ0v) is 10.5. The van der Waals surface area contributed by atoms with Crippen LogP contribution in [0.4, 0.5) is 0 Å². The molecule has 3 aromatic rings. The van der Waals surface area contributed by atoms with Crippen molar-refractivity contribution >= 4 is 11.2 Å². The predicted octanol–water partition coefficient (Wildman–Crippen LogP) is 1.84. The molecule has 0 aliphatic heterocycles. The number of imidazole rings is 1. The lowest BCUT2D eigenvalue weighted by atomic mass is 9.93. The largest absolute Gasteiger partial charge is 0.340 e. The second-order valence-corrected chi connectivity index (χ2v) is 5.19. The van der Waals surface area contributed by atoms with Gasteiger partial charge in [-0.25, -0.2) is 19.6 Å². The molecular weight excluding hydrogens is 228 g/mol. The Morgan fingerprint density at radius 1 is 1.17 bits per heavy atom. The molecule has 0 aliphatic carbocycles. The lowest BCUT2D eigenvalue weighted by Crippen LogP contribution is -2.13. The Hall–Kier alpha value is -2.24. The van der Waals surface area contributed by atoms with E-state index in [0.717, 1.165) is 11.2 Å². The molecule has 0 atom stereocenters. The maximum absolute atomic E-state index is 4.56.